The van der Waals surface area contributed by atoms with Crippen LogP contribution >= 0.6 is 0 Å². The maximum atomic E-state index is 12.4. The molecule has 8 nitrogen and oxygen atoms in total. The van der Waals surface area contributed by atoms with E-state index in [0.29, 0.717) is 17.7 Å². The Bertz CT molecular complexity index is 857. The second-order valence-corrected chi connectivity index (χ2v) is 7.09. The van der Waals surface area contributed by atoms with Crippen LogP contribution in [0.2, 0.25) is 0 Å². The molecule has 3 heterocycles. The number of H-pyrrole nitrogens is 1. The van der Waals surface area contributed by atoms with Crippen LogP contribution in [0.1, 0.15) is 38.9 Å². The SMILES string of the molecule is CCCCCn1c(CN2CCN(CC)CC2)nc2c1c(=O)[nH]c(=O)n2C. The van der Waals surface area contributed by atoms with E-state index < -0.39 is 5.69 Å². The molecule has 3 rings (SSSR count). The monoisotopic (exact) mass is 362 g/mol. The molecule has 0 bridgehead atoms. The standard InChI is InChI=1S/C18H30N6O2/c1-4-6-7-8-24-14(13-23-11-9-22(5-2)10-12-23)19-16-15(24)17(25)20-18(26)21(16)3/h4-13H2,1-3H3,(H,20,25,26). The van der Waals surface area contributed by atoms with Gasteiger partial charge in [0, 0.05) is 39.8 Å². The van der Waals surface area contributed by atoms with Crippen molar-refractivity contribution in [2.75, 3.05) is 32.7 Å². The highest BCUT2D eigenvalue weighted by Crippen LogP contribution is 2.15. The molecule has 0 aromatic carbocycles. The molecular formula is C18H30N6O2. The number of unbranched alkanes of at least 4 members (excludes halogenated alkanes) is 2. The number of imidazole rings is 1. The lowest BCUT2D eigenvalue weighted by Gasteiger charge is -2.33. The number of piperazine rings is 1. The fourth-order valence-electron chi connectivity index (χ4n) is 3.62. The molecule has 0 amide bonds. The van der Waals surface area contributed by atoms with Crippen LogP contribution in [0.3, 0.4) is 0 Å². The number of nitrogens with one attached hydrogen (secondary N) is 1. The molecular weight excluding hydrogens is 332 g/mol. The summed E-state index contributed by atoms with van der Waals surface area (Å²) in [5, 5.41) is 0. The third-order valence-electron chi connectivity index (χ3n) is 5.35. The van der Waals surface area contributed by atoms with Gasteiger partial charge in [-0.05, 0) is 13.0 Å². The van der Waals surface area contributed by atoms with Gasteiger partial charge in [-0.2, -0.15) is 0 Å². The third-order valence-corrected chi connectivity index (χ3v) is 5.35. The topological polar surface area (TPSA) is 79.2 Å². The van der Waals surface area contributed by atoms with Gasteiger partial charge in [0.05, 0.1) is 6.54 Å². The second kappa shape index (κ2) is 8.18. The van der Waals surface area contributed by atoms with Crippen LogP contribution in [0.5, 0.6) is 0 Å². The van der Waals surface area contributed by atoms with E-state index in [2.05, 4.69) is 28.6 Å². The molecule has 2 aromatic heterocycles. The molecule has 1 aliphatic rings. The van der Waals surface area contributed by atoms with E-state index in [-0.39, 0.29) is 5.56 Å². The maximum Gasteiger partial charge on any atom is 0.329 e. The first kappa shape index (κ1) is 18.8. The van der Waals surface area contributed by atoms with Gasteiger partial charge in [-0.1, -0.05) is 26.7 Å². The van der Waals surface area contributed by atoms with E-state index in [9.17, 15) is 9.59 Å². The fraction of sp³-hybridized carbons (Fsp3) is 0.722. The maximum absolute atomic E-state index is 12.4. The predicted octanol–water partition coefficient (Wildman–Crippen LogP) is 0.751. The number of likely N-dealkylation sites (N-methyl/N-ethyl adjacent to an activating group) is 1. The Morgan fingerprint density at radius 1 is 1.04 bits per heavy atom. The van der Waals surface area contributed by atoms with Crippen LogP contribution in [0.15, 0.2) is 9.59 Å². The Labute approximate surface area is 153 Å². The number of fused-ring (bicyclic) bond motifs is 1. The molecule has 1 saturated heterocycles. The molecule has 0 aliphatic carbocycles. The minimum absolute atomic E-state index is 0.339. The normalized spacial score (nSPS) is 16.6. The van der Waals surface area contributed by atoms with E-state index >= 15 is 0 Å². The fourth-order valence-corrected chi connectivity index (χ4v) is 3.62. The molecule has 0 spiro atoms. The molecule has 0 radical (unpaired) electrons. The molecule has 2 aromatic rings. The molecule has 0 atom stereocenters. The molecule has 1 N–H and O–H groups in total. The third kappa shape index (κ3) is 3.76. The van der Waals surface area contributed by atoms with Gasteiger partial charge in [-0.3, -0.25) is 19.2 Å². The molecule has 26 heavy (non-hydrogen) atoms. The zero-order valence-corrected chi connectivity index (χ0v) is 16.1. The van der Waals surface area contributed by atoms with Gasteiger partial charge in [0.25, 0.3) is 5.56 Å². The summed E-state index contributed by atoms with van der Waals surface area (Å²) < 4.78 is 3.46. The number of hydrogen-bond donors (Lipinski definition) is 1. The van der Waals surface area contributed by atoms with Crippen LogP contribution in [0.4, 0.5) is 0 Å². The molecule has 0 unspecified atom stereocenters. The Hall–Kier alpha value is -1.93. The molecule has 1 fully saturated rings. The minimum Gasteiger partial charge on any atom is -0.321 e. The number of aromatic nitrogens is 4. The van der Waals surface area contributed by atoms with Crippen LogP contribution < -0.4 is 11.2 Å². The Morgan fingerprint density at radius 2 is 1.73 bits per heavy atom. The summed E-state index contributed by atoms with van der Waals surface area (Å²) >= 11 is 0. The van der Waals surface area contributed by atoms with Crippen molar-refractivity contribution in [1.82, 2.24) is 28.9 Å². The van der Waals surface area contributed by atoms with E-state index in [1.807, 2.05) is 4.57 Å². The van der Waals surface area contributed by atoms with Crippen LogP contribution in [-0.2, 0) is 20.1 Å². The van der Waals surface area contributed by atoms with Crippen molar-refractivity contribution in [3.05, 3.63) is 26.7 Å². The lowest BCUT2D eigenvalue weighted by molar-refractivity contribution is 0.128. The van der Waals surface area contributed by atoms with Gasteiger partial charge < -0.3 is 9.47 Å². The Balaban J connectivity index is 1.94. The smallest absolute Gasteiger partial charge is 0.321 e. The minimum atomic E-state index is -0.413. The lowest BCUT2D eigenvalue weighted by atomic mass is 10.2. The molecule has 0 saturated carbocycles. The van der Waals surface area contributed by atoms with Gasteiger partial charge in [0.1, 0.15) is 5.82 Å². The highest BCUT2D eigenvalue weighted by atomic mass is 16.2. The predicted molar refractivity (Wildman–Crippen MR) is 103 cm³/mol. The van der Waals surface area contributed by atoms with Crippen molar-refractivity contribution in [2.45, 2.75) is 46.2 Å². The average molecular weight is 362 g/mol. The summed E-state index contributed by atoms with van der Waals surface area (Å²) in [6.45, 7) is 11.0. The van der Waals surface area contributed by atoms with Crippen molar-refractivity contribution >= 4 is 11.2 Å². The highest BCUT2D eigenvalue weighted by Gasteiger charge is 2.21. The van der Waals surface area contributed by atoms with Crippen LogP contribution in [0, 0.1) is 0 Å². The van der Waals surface area contributed by atoms with Gasteiger partial charge in [0.2, 0.25) is 0 Å². The lowest BCUT2D eigenvalue weighted by Crippen LogP contribution is -2.45. The zero-order valence-electron chi connectivity index (χ0n) is 16.1. The van der Waals surface area contributed by atoms with Crippen molar-refractivity contribution in [1.29, 1.82) is 0 Å². The van der Waals surface area contributed by atoms with Crippen LogP contribution in [0.25, 0.3) is 11.2 Å². The average Bonchev–Trinajstić information content (AvgIpc) is 3.00. The molecule has 1 aliphatic heterocycles. The summed E-state index contributed by atoms with van der Waals surface area (Å²) in [7, 11) is 1.66. The molecule has 8 heteroatoms. The summed E-state index contributed by atoms with van der Waals surface area (Å²) in [6.07, 6.45) is 3.23. The summed E-state index contributed by atoms with van der Waals surface area (Å²) in [6, 6.07) is 0. The first-order valence-corrected chi connectivity index (χ1v) is 9.68. The van der Waals surface area contributed by atoms with Crippen molar-refractivity contribution in [3.63, 3.8) is 0 Å². The van der Waals surface area contributed by atoms with Gasteiger partial charge in [-0.25, -0.2) is 9.78 Å². The summed E-state index contributed by atoms with van der Waals surface area (Å²) in [5.74, 6) is 0.882. The van der Waals surface area contributed by atoms with E-state index in [0.717, 1.165) is 64.4 Å². The van der Waals surface area contributed by atoms with Gasteiger partial charge >= 0.3 is 5.69 Å². The van der Waals surface area contributed by atoms with Gasteiger partial charge in [0.15, 0.2) is 11.2 Å². The first-order valence-electron chi connectivity index (χ1n) is 9.68. The zero-order chi connectivity index (χ0) is 18.7. The number of aromatic amines is 1. The number of aryl methyl sites for hydroxylation is 2. The van der Waals surface area contributed by atoms with E-state index in [4.69, 9.17) is 4.98 Å². The van der Waals surface area contributed by atoms with E-state index in [1.165, 1.54) is 4.57 Å². The van der Waals surface area contributed by atoms with Crippen molar-refractivity contribution in [3.8, 4) is 0 Å². The van der Waals surface area contributed by atoms with Crippen molar-refractivity contribution < 1.29 is 0 Å². The second-order valence-electron chi connectivity index (χ2n) is 7.09. The number of nitrogens with zero attached hydrogens (tertiary/aromatic N) is 5. The van der Waals surface area contributed by atoms with Gasteiger partial charge in [-0.15, -0.1) is 0 Å². The largest absolute Gasteiger partial charge is 0.329 e. The quantitative estimate of drug-likeness (QED) is 0.736. The van der Waals surface area contributed by atoms with Crippen LogP contribution in [-0.4, -0.2) is 61.6 Å². The summed E-state index contributed by atoms with van der Waals surface area (Å²) in [5.41, 5.74) is 0.251. The Morgan fingerprint density at radius 3 is 2.38 bits per heavy atom. The van der Waals surface area contributed by atoms with E-state index in [1.54, 1.807) is 7.05 Å². The number of rotatable bonds is 7. The number of hydrogen-bond acceptors (Lipinski definition) is 5. The summed E-state index contributed by atoms with van der Waals surface area (Å²) in [4.78, 5) is 36.3. The van der Waals surface area contributed by atoms with Crippen molar-refractivity contribution in [2.24, 2.45) is 7.05 Å². The first-order chi connectivity index (χ1) is 12.5. The highest BCUT2D eigenvalue weighted by molar-refractivity contribution is 5.70. The Kier molecular flexibility index (Phi) is 5.93. The molecule has 144 valence electrons.